The Balaban J connectivity index is 1.84. The molecule has 0 saturated heterocycles. The second-order valence-electron chi connectivity index (χ2n) is 5.91. The fourth-order valence-corrected chi connectivity index (χ4v) is 3.68. The van der Waals surface area contributed by atoms with E-state index < -0.39 is 10.0 Å². The maximum Gasteiger partial charge on any atom is 0.261 e. The molecule has 0 aliphatic heterocycles. The molecule has 0 aromatic heterocycles. The van der Waals surface area contributed by atoms with Crippen LogP contribution >= 0.6 is 11.6 Å². The lowest BCUT2D eigenvalue weighted by molar-refractivity contribution is 0.102. The number of hydrogen-bond donors (Lipinski definition) is 2. The van der Waals surface area contributed by atoms with Gasteiger partial charge in [-0.15, -0.1) is 0 Å². The Morgan fingerprint density at radius 2 is 1.59 bits per heavy atom. The van der Waals surface area contributed by atoms with Crippen molar-refractivity contribution in [1.29, 1.82) is 0 Å². The van der Waals surface area contributed by atoms with Crippen LogP contribution in [0.5, 0.6) is 0 Å². The Morgan fingerprint density at radius 3 is 2.26 bits per heavy atom. The lowest BCUT2D eigenvalue weighted by atomic mass is 10.1. The highest BCUT2D eigenvalue weighted by Gasteiger charge is 2.16. The summed E-state index contributed by atoms with van der Waals surface area (Å²) in [6, 6.07) is 19.6. The van der Waals surface area contributed by atoms with Gasteiger partial charge in [-0.3, -0.25) is 9.52 Å². The lowest BCUT2D eigenvalue weighted by Gasteiger charge is -2.12. The van der Waals surface area contributed by atoms with Crippen LogP contribution in [0.1, 0.15) is 15.9 Å². The minimum absolute atomic E-state index is 0.153. The fourth-order valence-electron chi connectivity index (χ4n) is 2.41. The van der Waals surface area contributed by atoms with Crippen LogP contribution < -0.4 is 10.0 Å². The van der Waals surface area contributed by atoms with Crippen molar-refractivity contribution in [2.75, 3.05) is 10.0 Å². The van der Waals surface area contributed by atoms with Gasteiger partial charge in [0.15, 0.2) is 0 Å². The largest absolute Gasteiger partial charge is 0.322 e. The number of sulfonamides is 1. The van der Waals surface area contributed by atoms with Crippen molar-refractivity contribution < 1.29 is 13.2 Å². The lowest BCUT2D eigenvalue weighted by Crippen LogP contribution is -2.16. The van der Waals surface area contributed by atoms with E-state index in [9.17, 15) is 13.2 Å². The summed E-state index contributed by atoms with van der Waals surface area (Å²) in [5.74, 6) is -0.350. The third-order valence-corrected chi connectivity index (χ3v) is 5.53. The number of amides is 1. The van der Waals surface area contributed by atoms with Gasteiger partial charge in [0, 0.05) is 16.3 Å². The van der Waals surface area contributed by atoms with E-state index in [-0.39, 0.29) is 10.8 Å². The number of anilines is 2. The van der Waals surface area contributed by atoms with E-state index in [2.05, 4.69) is 10.0 Å². The zero-order valence-electron chi connectivity index (χ0n) is 14.4. The molecular formula is C20H17ClN2O3S. The van der Waals surface area contributed by atoms with Gasteiger partial charge >= 0.3 is 0 Å². The van der Waals surface area contributed by atoms with Crippen LogP contribution in [-0.4, -0.2) is 14.3 Å². The first-order chi connectivity index (χ1) is 12.8. The molecule has 138 valence electrons. The number of carbonyl (C=O) groups excluding carboxylic acids is 1. The van der Waals surface area contributed by atoms with Crippen LogP contribution in [-0.2, 0) is 10.0 Å². The molecule has 1 amide bonds. The molecule has 0 atom stereocenters. The van der Waals surface area contributed by atoms with Gasteiger partial charge in [0.2, 0.25) is 0 Å². The number of benzene rings is 3. The third-order valence-electron chi connectivity index (χ3n) is 3.90. The first-order valence-corrected chi connectivity index (χ1v) is 9.97. The SMILES string of the molecule is Cc1ccc(C(=O)Nc2ccc(Cl)cc2)cc1NS(=O)(=O)c1ccccc1. The second-order valence-corrected chi connectivity index (χ2v) is 8.03. The molecule has 0 radical (unpaired) electrons. The van der Waals surface area contributed by atoms with Crippen LogP contribution in [0.4, 0.5) is 11.4 Å². The first kappa shape index (κ1) is 18.9. The molecule has 0 aliphatic carbocycles. The molecule has 3 aromatic rings. The zero-order chi connectivity index (χ0) is 19.4. The van der Waals surface area contributed by atoms with E-state index in [0.717, 1.165) is 0 Å². The van der Waals surface area contributed by atoms with Gasteiger partial charge in [0.05, 0.1) is 10.6 Å². The van der Waals surface area contributed by atoms with E-state index in [4.69, 9.17) is 11.6 Å². The second kappa shape index (κ2) is 7.82. The summed E-state index contributed by atoms with van der Waals surface area (Å²) in [6.07, 6.45) is 0. The molecule has 2 N–H and O–H groups in total. The number of aryl methyl sites for hydroxylation is 1. The summed E-state index contributed by atoms with van der Waals surface area (Å²) in [7, 11) is -3.74. The van der Waals surface area contributed by atoms with Gasteiger partial charge in [-0.25, -0.2) is 8.42 Å². The van der Waals surface area contributed by atoms with Crippen molar-refractivity contribution in [2.45, 2.75) is 11.8 Å². The monoisotopic (exact) mass is 400 g/mol. The molecule has 0 fully saturated rings. The minimum atomic E-state index is -3.74. The Hall–Kier alpha value is -2.83. The molecule has 0 bridgehead atoms. The number of halogens is 1. The molecule has 0 heterocycles. The smallest absolute Gasteiger partial charge is 0.261 e. The molecule has 0 unspecified atom stereocenters. The molecule has 3 aromatic carbocycles. The van der Waals surface area contributed by atoms with Crippen molar-refractivity contribution in [3.8, 4) is 0 Å². The van der Waals surface area contributed by atoms with E-state index in [1.54, 1.807) is 61.5 Å². The topological polar surface area (TPSA) is 75.3 Å². The molecule has 0 saturated carbocycles. The molecule has 0 spiro atoms. The van der Waals surface area contributed by atoms with E-state index in [1.165, 1.54) is 18.2 Å². The Bertz CT molecular complexity index is 1070. The maximum atomic E-state index is 12.5. The van der Waals surface area contributed by atoms with E-state index in [0.29, 0.717) is 27.5 Å². The number of carbonyl (C=O) groups is 1. The minimum Gasteiger partial charge on any atom is -0.322 e. The standard InChI is InChI=1S/C20H17ClN2O3S/c1-14-7-8-15(20(24)22-17-11-9-16(21)10-12-17)13-19(14)23-27(25,26)18-5-3-2-4-6-18/h2-13,23H,1H3,(H,22,24). The first-order valence-electron chi connectivity index (χ1n) is 8.10. The van der Waals surface area contributed by atoms with Crippen LogP contribution in [0.2, 0.25) is 5.02 Å². The number of hydrogen-bond acceptors (Lipinski definition) is 3. The Kier molecular flexibility index (Phi) is 5.48. The van der Waals surface area contributed by atoms with Crippen molar-refractivity contribution >= 4 is 38.9 Å². The van der Waals surface area contributed by atoms with Gasteiger partial charge in [0.25, 0.3) is 15.9 Å². The van der Waals surface area contributed by atoms with Gasteiger partial charge in [0.1, 0.15) is 0 Å². The van der Waals surface area contributed by atoms with Gasteiger partial charge in [-0.05, 0) is 61.0 Å². The van der Waals surface area contributed by atoms with E-state index >= 15 is 0 Å². The predicted octanol–water partition coefficient (Wildman–Crippen LogP) is 4.70. The molecule has 5 nitrogen and oxygen atoms in total. The van der Waals surface area contributed by atoms with Gasteiger partial charge < -0.3 is 5.32 Å². The van der Waals surface area contributed by atoms with Crippen molar-refractivity contribution in [2.24, 2.45) is 0 Å². The number of nitrogens with one attached hydrogen (secondary N) is 2. The van der Waals surface area contributed by atoms with Crippen LogP contribution in [0.3, 0.4) is 0 Å². The number of rotatable bonds is 5. The normalized spacial score (nSPS) is 11.0. The highest BCUT2D eigenvalue weighted by Crippen LogP contribution is 2.22. The summed E-state index contributed by atoms with van der Waals surface area (Å²) in [5, 5.41) is 3.32. The quantitative estimate of drug-likeness (QED) is 0.651. The van der Waals surface area contributed by atoms with E-state index in [1.807, 2.05) is 0 Å². The van der Waals surface area contributed by atoms with Gasteiger partial charge in [-0.1, -0.05) is 35.9 Å². The summed E-state index contributed by atoms with van der Waals surface area (Å²) in [6.45, 7) is 1.77. The summed E-state index contributed by atoms with van der Waals surface area (Å²) in [5.41, 5.74) is 1.98. The summed E-state index contributed by atoms with van der Waals surface area (Å²) >= 11 is 5.84. The Labute approximate surface area is 163 Å². The van der Waals surface area contributed by atoms with Crippen molar-refractivity contribution in [3.05, 3.63) is 88.9 Å². The van der Waals surface area contributed by atoms with Crippen molar-refractivity contribution in [3.63, 3.8) is 0 Å². The maximum absolute atomic E-state index is 12.5. The van der Waals surface area contributed by atoms with Crippen LogP contribution in [0.15, 0.2) is 77.7 Å². The highest BCUT2D eigenvalue weighted by molar-refractivity contribution is 7.92. The Morgan fingerprint density at radius 1 is 0.926 bits per heavy atom. The molecular weight excluding hydrogens is 384 g/mol. The molecule has 3 rings (SSSR count). The average Bonchev–Trinajstić information content (AvgIpc) is 2.66. The fraction of sp³-hybridized carbons (Fsp3) is 0.0500. The predicted molar refractivity (Wildman–Crippen MR) is 108 cm³/mol. The summed E-state index contributed by atoms with van der Waals surface area (Å²) in [4.78, 5) is 12.6. The van der Waals surface area contributed by atoms with Crippen LogP contribution in [0.25, 0.3) is 0 Å². The third kappa shape index (κ3) is 4.67. The molecule has 7 heteroatoms. The van der Waals surface area contributed by atoms with Crippen molar-refractivity contribution in [1.82, 2.24) is 0 Å². The van der Waals surface area contributed by atoms with Crippen LogP contribution in [0, 0.1) is 6.92 Å². The molecule has 0 aliphatic rings. The zero-order valence-corrected chi connectivity index (χ0v) is 16.0. The highest BCUT2D eigenvalue weighted by atomic mass is 35.5. The summed E-state index contributed by atoms with van der Waals surface area (Å²) < 4.78 is 27.6. The molecule has 27 heavy (non-hydrogen) atoms. The average molecular weight is 401 g/mol. The van der Waals surface area contributed by atoms with Gasteiger partial charge in [-0.2, -0.15) is 0 Å².